The lowest BCUT2D eigenvalue weighted by atomic mass is 10.1. The average Bonchev–Trinajstić information content (AvgIpc) is 2.32. The summed E-state index contributed by atoms with van der Waals surface area (Å²) in [5.41, 5.74) is 2.40. The van der Waals surface area contributed by atoms with Gasteiger partial charge in [-0.05, 0) is 52.8 Å². The predicted octanol–water partition coefficient (Wildman–Crippen LogP) is 1.81. The van der Waals surface area contributed by atoms with Crippen molar-refractivity contribution in [2.75, 3.05) is 31.1 Å². The molecule has 2 rings (SSSR count). The van der Waals surface area contributed by atoms with Crippen molar-refractivity contribution in [2.24, 2.45) is 0 Å². The Morgan fingerprint density at radius 1 is 1.37 bits per heavy atom. The SMILES string of the molecule is Cc1c(CS(=O)(=O)F)cc(I)cc1N1CCNCC1. The van der Waals surface area contributed by atoms with Gasteiger partial charge in [0, 0.05) is 35.4 Å². The Balaban J connectivity index is 2.38. The summed E-state index contributed by atoms with van der Waals surface area (Å²) in [6.45, 7) is 5.42. The Bertz CT molecular complexity index is 571. The second-order valence-electron chi connectivity index (χ2n) is 4.63. The highest BCUT2D eigenvalue weighted by Gasteiger charge is 2.18. The van der Waals surface area contributed by atoms with Gasteiger partial charge < -0.3 is 10.2 Å². The standard InChI is InChI=1S/C12H16FIN2O2S/c1-9-10(8-19(13,17)18)6-11(14)7-12(9)16-4-2-15-3-5-16/h6-7,15H,2-5,8H2,1H3. The van der Waals surface area contributed by atoms with Gasteiger partial charge in [0.15, 0.2) is 0 Å². The van der Waals surface area contributed by atoms with Gasteiger partial charge in [0.2, 0.25) is 0 Å². The van der Waals surface area contributed by atoms with Crippen LogP contribution in [0.5, 0.6) is 0 Å². The fraction of sp³-hybridized carbons (Fsp3) is 0.500. The zero-order valence-corrected chi connectivity index (χ0v) is 13.6. The fourth-order valence-electron chi connectivity index (χ4n) is 2.29. The Labute approximate surface area is 126 Å². The van der Waals surface area contributed by atoms with Gasteiger partial charge in [-0.15, -0.1) is 3.89 Å². The highest BCUT2D eigenvalue weighted by Crippen LogP contribution is 2.28. The van der Waals surface area contributed by atoms with Crippen LogP contribution in [0.3, 0.4) is 0 Å². The molecular formula is C12H16FIN2O2S. The number of piperazine rings is 1. The summed E-state index contributed by atoms with van der Waals surface area (Å²) in [6.07, 6.45) is 0. The third-order valence-electron chi connectivity index (χ3n) is 3.24. The molecule has 0 spiro atoms. The number of rotatable bonds is 3. The molecule has 0 amide bonds. The zero-order valence-electron chi connectivity index (χ0n) is 10.6. The lowest BCUT2D eigenvalue weighted by molar-refractivity contribution is 0.551. The summed E-state index contributed by atoms with van der Waals surface area (Å²) in [5.74, 6) is -0.547. The molecule has 0 radical (unpaired) electrons. The summed E-state index contributed by atoms with van der Waals surface area (Å²) in [5, 5.41) is 3.27. The Hall–Kier alpha value is -0.410. The number of halogens is 2. The van der Waals surface area contributed by atoms with E-state index in [1.807, 2.05) is 13.0 Å². The lowest BCUT2D eigenvalue weighted by Gasteiger charge is -2.31. The van der Waals surface area contributed by atoms with E-state index in [2.05, 4.69) is 32.8 Å². The van der Waals surface area contributed by atoms with Gasteiger partial charge in [-0.25, -0.2) is 0 Å². The van der Waals surface area contributed by atoms with Crippen LogP contribution in [0.1, 0.15) is 11.1 Å². The molecule has 0 unspecified atom stereocenters. The van der Waals surface area contributed by atoms with Crippen LogP contribution in [-0.4, -0.2) is 34.6 Å². The van der Waals surface area contributed by atoms with E-state index < -0.39 is 16.0 Å². The van der Waals surface area contributed by atoms with Crippen molar-refractivity contribution in [2.45, 2.75) is 12.7 Å². The number of benzene rings is 1. The third-order valence-corrected chi connectivity index (χ3v) is 4.52. The van der Waals surface area contributed by atoms with E-state index in [0.29, 0.717) is 5.56 Å². The van der Waals surface area contributed by atoms with Crippen molar-refractivity contribution in [3.05, 3.63) is 26.8 Å². The van der Waals surface area contributed by atoms with Crippen LogP contribution in [0.15, 0.2) is 12.1 Å². The first-order valence-corrected chi connectivity index (χ1v) is 8.67. The average molecular weight is 398 g/mol. The number of hydrogen-bond donors (Lipinski definition) is 1. The van der Waals surface area contributed by atoms with Gasteiger partial charge in [0.1, 0.15) is 5.75 Å². The van der Waals surface area contributed by atoms with E-state index in [9.17, 15) is 12.3 Å². The largest absolute Gasteiger partial charge is 0.369 e. The highest BCUT2D eigenvalue weighted by atomic mass is 127. The van der Waals surface area contributed by atoms with E-state index in [-0.39, 0.29) is 0 Å². The molecule has 1 heterocycles. The first kappa shape index (κ1) is 15.0. The quantitative estimate of drug-likeness (QED) is 0.624. The minimum absolute atomic E-state index is 0.544. The highest BCUT2D eigenvalue weighted by molar-refractivity contribution is 14.1. The van der Waals surface area contributed by atoms with E-state index >= 15 is 0 Å². The molecule has 1 aromatic carbocycles. The zero-order chi connectivity index (χ0) is 14.0. The Kier molecular flexibility index (Phi) is 4.67. The molecule has 1 saturated heterocycles. The van der Waals surface area contributed by atoms with E-state index in [1.165, 1.54) is 0 Å². The van der Waals surface area contributed by atoms with Crippen molar-refractivity contribution in [1.82, 2.24) is 5.32 Å². The van der Waals surface area contributed by atoms with Gasteiger partial charge in [-0.1, -0.05) is 0 Å². The van der Waals surface area contributed by atoms with Crippen molar-refractivity contribution >= 4 is 38.5 Å². The van der Waals surface area contributed by atoms with E-state index in [0.717, 1.165) is 41.0 Å². The second kappa shape index (κ2) is 5.92. The Morgan fingerprint density at radius 3 is 2.58 bits per heavy atom. The van der Waals surface area contributed by atoms with Crippen LogP contribution >= 0.6 is 22.6 Å². The molecular weight excluding hydrogens is 382 g/mol. The topological polar surface area (TPSA) is 49.4 Å². The van der Waals surface area contributed by atoms with Crippen LogP contribution in [0.4, 0.5) is 9.57 Å². The number of nitrogens with zero attached hydrogens (tertiary/aromatic N) is 1. The van der Waals surface area contributed by atoms with Crippen LogP contribution in [-0.2, 0) is 16.0 Å². The van der Waals surface area contributed by atoms with Crippen LogP contribution < -0.4 is 10.2 Å². The molecule has 106 valence electrons. The molecule has 1 fully saturated rings. The summed E-state index contributed by atoms with van der Waals surface area (Å²) >= 11 is 2.14. The first-order valence-electron chi connectivity index (χ1n) is 6.04. The minimum Gasteiger partial charge on any atom is -0.369 e. The van der Waals surface area contributed by atoms with Crippen molar-refractivity contribution in [3.8, 4) is 0 Å². The summed E-state index contributed by atoms with van der Waals surface area (Å²) in [7, 11) is -4.50. The molecule has 1 N–H and O–H groups in total. The van der Waals surface area contributed by atoms with E-state index in [4.69, 9.17) is 0 Å². The number of hydrogen-bond acceptors (Lipinski definition) is 4. The maximum Gasteiger partial charge on any atom is 0.306 e. The van der Waals surface area contributed by atoms with Crippen molar-refractivity contribution in [3.63, 3.8) is 0 Å². The molecule has 4 nitrogen and oxygen atoms in total. The predicted molar refractivity (Wildman–Crippen MR) is 82.7 cm³/mol. The van der Waals surface area contributed by atoms with E-state index in [1.54, 1.807) is 6.07 Å². The summed E-state index contributed by atoms with van der Waals surface area (Å²) < 4.78 is 35.6. The van der Waals surface area contributed by atoms with Crippen LogP contribution in [0, 0.1) is 10.5 Å². The maximum atomic E-state index is 12.9. The summed E-state index contributed by atoms with van der Waals surface area (Å²) in [6, 6.07) is 3.76. The van der Waals surface area contributed by atoms with Gasteiger partial charge in [-0.2, -0.15) is 8.42 Å². The summed E-state index contributed by atoms with van der Waals surface area (Å²) in [4.78, 5) is 2.21. The molecule has 1 aliphatic heterocycles. The normalized spacial score (nSPS) is 16.7. The number of nitrogens with one attached hydrogen (secondary N) is 1. The lowest BCUT2D eigenvalue weighted by Crippen LogP contribution is -2.43. The Morgan fingerprint density at radius 2 is 2.00 bits per heavy atom. The van der Waals surface area contributed by atoms with Crippen molar-refractivity contribution in [1.29, 1.82) is 0 Å². The molecule has 19 heavy (non-hydrogen) atoms. The van der Waals surface area contributed by atoms with Gasteiger partial charge in [0.05, 0.1) is 0 Å². The van der Waals surface area contributed by atoms with Crippen LogP contribution in [0.2, 0.25) is 0 Å². The third kappa shape index (κ3) is 4.03. The van der Waals surface area contributed by atoms with Crippen LogP contribution in [0.25, 0.3) is 0 Å². The van der Waals surface area contributed by atoms with Crippen molar-refractivity contribution < 1.29 is 12.3 Å². The molecule has 1 aromatic rings. The maximum absolute atomic E-state index is 12.9. The van der Waals surface area contributed by atoms with Gasteiger partial charge in [0.25, 0.3) is 0 Å². The molecule has 0 saturated carbocycles. The fourth-order valence-corrected chi connectivity index (χ4v) is 3.63. The second-order valence-corrected chi connectivity index (χ2v) is 7.24. The molecule has 7 heteroatoms. The smallest absolute Gasteiger partial charge is 0.306 e. The molecule has 1 aliphatic rings. The molecule has 0 bridgehead atoms. The monoisotopic (exact) mass is 398 g/mol. The molecule has 0 atom stereocenters. The first-order chi connectivity index (χ1) is 8.87. The molecule has 0 aliphatic carbocycles. The van der Waals surface area contributed by atoms with Gasteiger partial charge in [-0.3, -0.25) is 0 Å². The van der Waals surface area contributed by atoms with Gasteiger partial charge >= 0.3 is 10.2 Å². The molecule has 0 aromatic heterocycles. The minimum atomic E-state index is -4.50. The number of anilines is 1.